The van der Waals surface area contributed by atoms with E-state index in [0.29, 0.717) is 16.3 Å². The molecule has 0 radical (unpaired) electrons. The van der Waals surface area contributed by atoms with E-state index < -0.39 is 12.2 Å². The summed E-state index contributed by atoms with van der Waals surface area (Å²) in [5.74, 6) is -1.32. The van der Waals surface area contributed by atoms with Crippen molar-refractivity contribution in [2.45, 2.75) is 12.9 Å². The Bertz CT molecular complexity index is 1430. The molecular weight excluding hydrogens is 559 g/mol. The minimum absolute atomic E-state index is 0.00897. The van der Waals surface area contributed by atoms with Gasteiger partial charge in [-0.1, -0.05) is 53.0 Å². The summed E-state index contributed by atoms with van der Waals surface area (Å²) in [6.07, 6.45) is -4.79. The predicted octanol–water partition coefficient (Wildman–Crippen LogP) is 8.56. The van der Waals surface area contributed by atoms with Crippen molar-refractivity contribution in [1.82, 2.24) is 15.0 Å². The zero-order chi connectivity index (χ0) is 26.6. The van der Waals surface area contributed by atoms with Crippen LogP contribution in [0.5, 0.6) is 5.75 Å². The Hall–Kier alpha value is -3.54. The first-order chi connectivity index (χ1) is 17.6. The number of rotatable bonds is 7. The largest absolute Gasteiger partial charge is 0.573 e. The molecule has 190 valence electrons. The Kier molecular flexibility index (Phi) is 8.06. The number of hydrogen-bond acceptors (Lipinski definition) is 7. The van der Waals surface area contributed by atoms with E-state index in [9.17, 15) is 17.6 Å². The third-order valence-electron chi connectivity index (χ3n) is 4.56. The number of hydrogen-bond donors (Lipinski definition) is 1. The van der Waals surface area contributed by atoms with E-state index in [0.717, 1.165) is 12.1 Å². The number of nitrogens with one attached hydrogen (secondary N) is 1. The van der Waals surface area contributed by atoms with Crippen LogP contribution in [0.3, 0.4) is 0 Å². The van der Waals surface area contributed by atoms with E-state index >= 15 is 0 Å². The minimum atomic E-state index is -4.79. The third kappa shape index (κ3) is 7.25. The smallest absolute Gasteiger partial charge is 0.406 e. The van der Waals surface area contributed by atoms with Gasteiger partial charge in [-0.05, 0) is 48.0 Å². The molecule has 1 N–H and O–H groups in total. The van der Waals surface area contributed by atoms with E-state index in [2.05, 4.69) is 35.2 Å². The van der Waals surface area contributed by atoms with Crippen LogP contribution in [0.15, 0.2) is 70.9 Å². The van der Waals surface area contributed by atoms with E-state index in [4.69, 9.17) is 34.8 Å². The molecule has 0 aliphatic rings. The fourth-order valence-corrected chi connectivity index (χ4v) is 3.51. The summed E-state index contributed by atoms with van der Waals surface area (Å²) < 4.78 is 55.4. The van der Waals surface area contributed by atoms with Crippen molar-refractivity contribution < 1.29 is 22.3 Å². The molecule has 0 saturated carbocycles. The first kappa shape index (κ1) is 26.5. The number of halogens is 7. The topological polar surface area (TPSA) is 84.7 Å². The van der Waals surface area contributed by atoms with E-state index in [1.165, 1.54) is 36.4 Å². The number of benzene rings is 3. The van der Waals surface area contributed by atoms with Gasteiger partial charge in [0.05, 0.1) is 27.2 Å². The van der Waals surface area contributed by atoms with Crippen molar-refractivity contribution in [2.24, 2.45) is 10.2 Å². The standard InChI is InChI=1S/C23H13Cl3F4N6O/c24-15-9-6-13(10-17(15)26)32-21-33-20(19-16(25)2-1-3-18(19)27)34-22(35-21)36-31-11-12-4-7-14(8-5-12)37-23(28,29)30/h1-10H,11H2,(H,32,33,34,35). The summed E-state index contributed by atoms with van der Waals surface area (Å²) in [4.78, 5) is 12.6. The van der Waals surface area contributed by atoms with E-state index in [-0.39, 0.29) is 45.6 Å². The Balaban J connectivity index is 1.62. The molecule has 0 fully saturated rings. The summed E-state index contributed by atoms with van der Waals surface area (Å²) in [7, 11) is 0. The molecule has 3 aromatic carbocycles. The summed E-state index contributed by atoms with van der Waals surface area (Å²) in [6, 6.07) is 13.9. The lowest BCUT2D eigenvalue weighted by atomic mass is 10.2. The first-order valence-electron chi connectivity index (χ1n) is 10.2. The molecule has 0 atom stereocenters. The van der Waals surface area contributed by atoms with Gasteiger partial charge in [0.1, 0.15) is 11.6 Å². The van der Waals surface area contributed by atoms with Gasteiger partial charge in [-0.15, -0.1) is 18.3 Å². The van der Waals surface area contributed by atoms with Crippen LogP contribution in [-0.2, 0) is 6.54 Å². The van der Waals surface area contributed by atoms with Crippen LogP contribution in [0.25, 0.3) is 11.4 Å². The lowest BCUT2D eigenvalue weighted by Crippen LogP contribution is -2.16. The molecule has 7 nitrogen and oxygen atoms in total. The van der Waals surface area contributed by atoms with Crippen LogP contribution >= 0.6 is 34.8 Å². The highest BCUT2D eigenvalue weighted by Gasteiger charge is 2.30. The molecule has 0 aliphatic carbocycles. The second kappa shape index (κ2) is 11.2. The van der Waals surface area contributed by atoms with Crippen molar-refractivity contribution in [1.29, 1.82) is 0 Å². The number of nitrogens with zero attached hydrogens (tertiary/aromatic N) is 5. The predicted molar refractivity (Wildman–Crippen MR) is 131 cm³/mol. The van der Waals surface area contributed by atoms with Crippen LogP contribution in [-0.4, -0.2) is 21.3 Å². The molecule has 0 aliphatic heterocycles. The van der Waals surface area contributed by atoms with Crippen LogP contribution in [0.2, 0.25) is 15.1 Å². The maximum Gasteiger partial charge on any atom is 0.573 e. The van der Waals surface area contributed by atoms with Crippen molar-refractivity contribution in [3.63, 3.8) is 0 Å². The molecule has 1 heterocycles. The zero-order valence-electron chi connectivity index (χ0n) is 18.3. The van der Waals surface area contributed by atoms with E-state index in [1.54, 1.807) is 12.1 Å². The number of alkyl halides is 3. The van der Waals surface area contributed by atoms with Gasteiger partial charge >= 0.3 is 6.36 Å². The monoisotopic (exact) mass is 570 g/mol. The second-order valence-corrected chi connectivity index (χ2v) is 8.45. The summed E-state index contributed by atoms with van der Waals surface area (Å²) in [5.41, 5.74) is 0.953. The van der Waals surface area contributed by atoms with Gasteiger partial charge in [0.2, 0.25) is 5.95 Å². The average Bonchev–Trinajstić information content (AvgIpc) is 2.81. The molecule has 0 bridgehead atoms. The van der Waals surface area contributed by atoms with Crippen molar-refractivity contribution in [2.75, 3.05) is 5.32 Å². The summed E-state index contributed by atoms with van der Waals surface area (Å²) in [5, 5.41) is 11.6. The van der Waals surface area contributed by atoms with Gasteiger partial charge in [-0.2, -0.15) is 20.1 Å². The normalized spacial score (nSPS) is 11.6. The highest BCUT2D eigenvalue weighted by atomic mass is 35.5. The van der Waals surface area contributed by atoms with Gasteiger partial charge < -0.3 is 10.1 Å². The molecule has 4 aromatic rings. The molecular formula is C23H13Cl3F4N6O. The van der Waals surface area contributed by atoms with Gasteiger partial charge in [0.15, 0.2) is 5.82 Å². The van der Waals surface area contributed by atoms with Crippen molar-refractivity contribution in [3.05, 3.63) is 87.1 Å². The van der Waals surface area contributed by atoms with E-state index in [1.807, 2.05) is 0 Å². The summed E-state index contributed by atoms with van der Waals surface area (Å²) >= 11 is 18.2. The van der Waals surface area contributed by atoms with Gasteiger partial charge in [-0.25, -0.2) is 4.39 Å². The van der Waals surface area contributed by atoms with Gasteiger partial charge in [0.25, 0.3) is 5.95 Å². The average molecular weight is 572 g/mol. The lowest BCUT2D eigenvalue weighted by molar-refractivity contribution is -0.274. The molecule has 14 heteroatoms. The third-order valence-corrected chi connectivity index (χ3v) is 5.61. The Morgan fingerprint density at radius 1 is 0.865 bits per heavy atom. The number of azo groups is 1. The maximum atomic E-state index is 14.6. The quantitative estimate of drug-likeness (QED) is 0.177. The molecule has 37 heavy (non-hydrogen) atoms. The Morgan fingerprint density at radius 2 is 1.62 bits per heavy atom. The summed E-state index contributed by atoms with van der Waals surface area (Å²) in [6.45, 7) is -0.0106. The maximum absolute atomic E-state index is 14.6. The van der Waals surface area contributed by atoms with Crippen molar-refractivity contribution >= 4 is 52.4 Å². The minimum Gasteiger partial charge on any atom is -0.406 e. The van der Waals surface area contributed by atoms with Gasteiger partial charge in [-0.3, -0.25) is 0 Å². The Morgan fingerprint density at radius 3 is 2.30 bits per heavy atom. The van der Waals surface area contributed by atoms with Crippen molar-refractivity contribution in [3.8, 4) is 17.1 Å². The SMILES string of the molecule is Fc1cccc(Cl)c1-c1nc(N=NCc2ccc(OC(F)(F)F)cc2)nc(Nc2ccc(Cl)c(Cl)c2)n1. The molecule has 0 unspecified atom stereocenters. The number of anilines is 2. The number of ether oxygens (including phenoxy) is 1. The van der Waals surface area contributed by atoms with Gasteiger partial charge in [0, 0.05) is 5.69 Å². The number of aromatic nitrogens is 3. The van der Waals surface area contributed by atoms with Crippen LogP contribution in [0, 0.1) is 5.82 Å². The van der Waals surface area contributed by atoms with Crippen LogP contribution in [0.1, 0.15) is 5.56 Å². The van der Waals surface area contributed by atoms with Crippen LogP contribution in [0.4, 0.5) is 35.1 Å². The second-order valence-electron chi connectivity index (χ2n) is 7.22. The molecule has 0 amide bonds. The lowest BCUT2D eigenvalue weighted by Gasteiger charge is -2.09. The first-order valence-corrected chi connectivity index (χ1v) is 11.4. The molecule has 0 saturated heterocycles. The fourth-order valence-electron chi connectivity index (χ4n) is 2.97. The van der Waals surface area contributed by atoms with Crippen LogP contribution < -0.4 is 10.1 Å². The molecule has 1 aromatic heterocycles. The zero-order valence-corrected chi connectivity index (χ0v) is 20.5. The highest BCUT2D eigenvalue weighted by Crippen LogP contribution is 2.31. The molecule has 0 spiro atoms. The highest BCUT2D eigenvalue weighted by molar-refractivity contribution is 6.42. The Labute approximate surface area is 222 Å². The fraction of sp³-hybridized carbons (Fsp3) is 0.0870. The molecule has 4 rings (SSSR count).